The second-order valence-corrected chi connectivity index (χ2v) is 20.2. The Morgan fingerprint density at radius 3 is 1.59 bits per heavy atom. The third-order valence-electron chi connectivity index (χ3n) is 14.6. The van der Waals surface area contributed by atoms with Gasteiger partial charge >= 0.3 is 0 Å². The molecule has 0 atom stereocenters. The summed E-state index contributed by atoms with van der Waals surface area (Å²) in [5, 5.41) is 6.90. The van der Waals surface area contributed by atoms with E-state index in [1.807, 2.05) is 30.3 Å². The van der Waals surface area contributed by atoms with E-state index < -0.39 is 0 Å². The summed E-state index contributed by atoms with van der Waals surface area (Å²) in [6.45, 7) is 0. The van der Waals surface area contributed by atoms with Gasteiger partial charge in [0.1, 0.15) is 5.58 Å². The molecule has 6 heteroatoms. The number of hydrogen-bond acceptors (Lipinski definition) is 5. The fourth-order valence-electron chi connectivity index (χ4n) is 11.1. The zero-order valence-electron chi connectivity index (χ0n) is 40.4. The smallest absolute Gasteiger partial charge is 0.164 e. The van der Waals surface area contributed by atoms with E-state index in [1.165, 1.54) is 36.7 Å². The van der Waals surface area contributed by atoms with Gasteiger partial charge in [-0.1, -0.05) is 182 Å². The van der Waals surface area contributed by atoms with Gasteiger partial charge in [0.05, 0.1) is 16.7 Å². The first-order valence-electron chi connectivity index (χ1n) is 25.2. The molecule has 75 heavy (non-hydrogen) atoms. The normalized spacial score (nSPS) is 11.7. The summed E-state index contributed by atoms with van der Waals surface area (Å²) in [4.78, 5) is 15.9. The summed E-state index contributed by atoms with van der Waals surface area (Å²) in [6, 6.07) is 90.6. The molecule has 0 bridgehead atoms. The summed E-state index contributed by atoms with van der Waals surface area (Å²) < 4.78 is 11.3. The molecule has 11 aromatic carbocycles. The molecule has 0 aliphatic rings. The average Bonchev–Trinajstić information content (AvgIpc) is 4.18. The molecule has 15 aromatic rings. The Kier molecular flexibility index (Phi) is 10.00. The summed E-state index contributed by atoms with van der Waals surface area (Å²) in [5.41, 5.74) is 17.0. The summed E-state index contributed by atoms with van der Waals surface area (Å²) in [5.74, 6) is 1.87. The minimum absolute atomic E-state index is 0.615. The number of fused-ring (bicyclic) bond motifs is 9. The van der Waals surface area contributed by atoms with Crippen LogP contribution in [0.1, 0.15) is 0 Å². The van der Waals surface area contributed by atoms with Gasteiger partial charge in [-0.05, 0) is 117 Å². The predicted molar refractivity (Wildman–Crippen MR) is 312 cm³/mol. The van der Waals surface area contributed by atoms with Crippen LogP contribution in [0.15, 0.2) is 259 Å². The van der Waals surface area contributed by atoms with Crippen molar-refractivity contribution in [3.8, 4) is 84.4 Å². The molecule has 4 heterocycles. The van der Waals surface area contributed by atoms with E-state index in [2.05, 4.69) is 229 Å². The van der Waals surface area contributed by atoms with Crippen molar-refractivity contribution in [2.45, 2.75) is 0 Å². The highest BCUT2D eigenvalue weighted by atomic mass is 32.1. The highest BCUT2D eigenvalue weighted by Crippen LogP contribution is 2.44. The van der Waals surface area contributed by atoms with Crippen molar-refractivity contribution in [1.82, 2.24) is 19.5 Å². The zero-order valence-corrected chi connectivity index (χ0v) is 41.2. The van der Waals surface area contributed by atoms with Gasteiger partial charge in [0.2, 0.25) is 0 Å². The highest BCUT2D eigenvalue weighted by Gasteiger charge is 2.21. The Morgan fingerprint density at radius 2 is 0.827 bits per heavy atom. The Morgan fingerprint density at radius 1 is 0.307 bits per heavy atom. The lowest BCUT2D eigenvalue weighted by Gasteiger charge is -2.13. The van der Waals surface area contributed by atoms with Crippen LogP contribution in [0, 0.1) is 0 Å². The largest absolute Gasteiger partial charge is 0.454 e. The van der Waals surface area contributed by atoms with Gasteiger partial charge in [0, 0.05) is 58.4 Å². The first kappa shape index (κ1) is 42.9. The van der Waals surface area contributed by atoms with Crippen LogP contribution in [0.25, 0.3) is 148 Å². The van der Waals surface area contributed by atoms with Crippen molar-refractivity contribution in [3.63, 3.8) is 0 Å². The topological polar surface area (TPSA) is 56.7 Å². The summed E-state index contributed by atoms with van der Waals surface area (Å²) >= 11 is 1.80. The highest BCUT2D eigenvalue weighted by molar-refractivity contribution is 7.26. The van der Waals surface area contributed by atoms with Crippen LogP contribution in [0.5, 0.6) is 0 Å². The third kappa shape index (κ3) is 7.33. The Bertz CT molecular complexity index is 4650. The Hall–Kier alpha value is -9.75. The quantitative estimate of drug-likeness (QED) is 0.152. The summed E-state index contributed by atoms with van der Waals surface area (Å²) in [6.07, 6.45) is 0. The predicted octanol–water partition coefficient (Wildman–Crippen LogP) is 18.9. The van der Waals surface area contributed by atoms with Crippen LogP contribution in [-0.2, 0) is 0 Å². The molecular formula is C69H42N4OS. The Labute approximate surface area is 435 Å². The fourth-order valence-corrected chi connectivity index (χ4v) is 12.2. The van der Waals surface area contributed by atoms with E-state index in [-0.39, 0.29) is 0 Å². The zero-order chi connectivity index (χ0) is 49.4. The number of rotatable bonds is 8. The van der Waals surface area contributed by atoms with Gasteiger partial charge in [-0.2, -0.15) is 0 Å². The number of furan rings is 1. The van der Waals surface area contributed by atoms with Crippen molar-refractivity contribution < 1.29 is 4.42 Å². The van der Waals surface area contributed by atoms with Crippen molar-refractivity contribution in [3.05, 3.63) is 255 Å². The van der Waals surface area contributed by atoms with E-state index in [0.29, 0.717) is 17.5 Å². The van der Waals surface area contributed by atoms with E-state index in [0.717, 1.165) is 94.1 Å². The molecule has 0 unspecified atom stereocenters. The van der Waals surface area contributed by atoms with E-state index in [1.54, 1.807) is 11.3 Å². The number of hydrogen-bond donors (Lipinski definition) is 0. The molecule has 15 rings (SSSR count). The van der Waals surface area contributed by atoms with Crippen LogP contribution in [0.4, 0.5) is 0 Å². The van der Waals surface area contributed by atoms with Crippen LogP contribution >= 0.6 is 11.3 Å². The van der Waals surface area contributed by atoms with Crippen LogP contribution in [-0.4, -0.2) is 19.5 Å². The molecule has 0 amide bonds. The lowest BCUT2D eigenvalue weighted by atomic mass is 9.93. The van der Waals surface area contributed by atoms with Gasteiger partial charge in [-0.25, -0.2) is 15.0 Å². The van der Waals surface area contributed by atoms with E-state index in [9.17, 15) is 0 Å². The minimum atomic E-state index is 0.615. The van der Waals surface area contributed by atoms with Crippen molar-refractivity contribution in [2.75, 3.05) is 0 Å². The molecule has 350 valence electrons. The monoisotopic (exact) mass is 974 g/mol. The number of nitrogens with zero attached hydrogens (tertiary/aromatic N) is 4. The molecule has 0 aliphatic heterocycles. The van der Waals surface area contributed by atoms with E-state index in [4.69, 9.17) is 19.4 Å². The SMILES string of the molecule is c1ccc(-c2cc(-c3ccccc3)cc(-c3cccc(-c4nc(-c5ccccc5)nc(-c5cccc6sc7ccc(-c8ccc9c(c8)c8ccccc8n9-c8cccc9c8oc8ccccc89)cc7c56)n4)c3)c2)cc1. The molecule has 0 fully saturated rings. The standard InChI is InChI=1S/C69H42N4OS/c1-4-17-43(18-5-1)50-38-51(44-19-6-2-7-20-44)40-52(39-50)46-23-14-24-49(37-46)68-70-67(45-21-8-3-9-22-45)71-69(72-68)56-28-16-32-64-65(56)58-42-48(34-36-63(58)75-64)47-33-35-60-57(41-47)53-25-10-12-29-59(53)73(60)61-30-15-27-55-54-26-11-13-31-62(54)74-66(55)61/h1-42H. The number of aromatic nitrogens is 4. The maximum atomic E-state index is 6.59. The molecule has 0 saturated carbocycles. The van der Waals surface area contributed by atoms with Gasteiger partial charge < -0.3 is 8.98 Å². The molecule has 0 N–H and O–H groups in total. The second kappa shape index (κ2) is 17.5. The first-order valence-corrected chi connectivity index (χ1v) is 26.0. The maximum absolute atomic E-state index is 6.59. The lowest BCUT2D eigenvalue weighted by Crippen LogP contribution is -2.00. The molecule has 0 radical (unpaired) electrons. The van der Waals surface area contributed by atoms with Crippen molar-refractivity contribution in [1.29, 1.82) is 0 Å². The molecule has 0 aliphatic carbocycles. The Balaban J connectivity index is 0.863. The van der Waals surface area contributed by atoms with Gasteiger partial charge in [-0.15, -0.1) is 11.3 Å². The van der Waals surface area contributed by atoms with Crippen molar-refractivity contribution >= 4 is 75.3 Å². The molecule has 0 spiro atoms. The van der Waals surface area contributed by atoms with Gasteiger partial charge in [0.25, 0.3) is 0 Å². The average molecular weight is 975 g/mol. The number of thiophene rings is 1. The molecule has 0 saturated heterocycles. The van der Waals surface area contributed by atoms with Crippen molar-refractivity contribution in [2.24, 2.45) is 0 Å². The number of benzene rings is 11. The second-order valence-electron chi connectivity index (χ2n) is 19.1. The third-order valence-corrected chi connectivity index (χ3v) is 15.8. The maximum Gasteiger partial charge on any atom is 0.164 e. The van der Waals surface area contributed by atoms with Gasteiger partial charge in [0.15, 0.2) is 23.1 Å². The van der Waals surface area contributed by atoms with E-state index >= 15 is 0 Å². The number of para-hydroxylation sites is 3. The summed E-state index contributed by atoms with van der Waals surface area (Å²) in [7, 11) is 0. The fraction of sp³-hybridized carbons (Fsp3) is 0. The van der Waals surface area contributed by atoms with Crippen LogP contribution < -0.4 is 0 Å². The van der Waals surface area contributed by atoms with Gasteiger partial charge in [-0.3, -0.25) is 0 Å². The van der Waals surface area contributed by atoms with Crippen LogP contribution in [0.2, 0.25) is 0 Å². The first-order chi connectivity index (χ1) is 37.1. The molecule has 4 aromatic heterocycles. The lowest BCUT2D eigenvalue weighted by molar-refractivity contribution is 0.666. The van der Waals surface area contributed by atoms with Crippen LogP contribution in [0.3, 0.4) is 0 Å². The molecule has 5 nitrogen and oxygen atoms in total. The minimum Gasteiger partial charge on any atom is -0.454 e. The molecular weight excluding hydrogens is 933 g/mol.